The van der Waals surface area contributed by atoms with Gasteiger partial charge in [-0.3, -0.25) is 0 Å². The van der Waals surface area contributed by atoms with Crippen LogP contribution in [0.15, 0.2) is 28.1 Å². The van der Waals surface area contributed by atoms with E-state index in [2.05, 4.69) is 48.0 Å². The van der Waals surface area contributed by atoms with Gasteiger partial charge in [-0.15, -0.1) is 11.3 Å². The Hall–Kier alpha value is -0.640. The second-order valence-electron chi connectivity index (χ2n) is 4.70. The highest BCUT2D eigenvalue weighted by Crippen LogP contribution is 2.32. The molecule has 1 aromatic heterocycles. The molecule has 0 aliphatic heterocycles. The van der Waals surface area contributed by atoms with E-state index in [0.717, 1.165) is 9.35 Å². The lowest BCUT2D eigenvalue weighted by molar-refractivity contribution is 0.178. The average Bonchev–Trinajstić information content (AvgIpc) is 2.63. The summed E-state index contributed by atoms with van der Waals surface area (Å²) in [6.45, 7) is 6.27. The molecular weight excluding hydrogens is 308 g/mol. The SMILES string of the molecule is Cc1ccc(CC(O)c2cc(Br)sc2C)cc1C. The summed E-state index contributed by atoms with van der Waals surface area (Å²) >= 11 is 5.14. The predicted molar refractivity (Wildman–Crippen MR) is 81.3 cm³/mol. The smallest absolute Gasteiger partial charge is 0.0841 e. The molecule has 2 rings (SSSR count). The number of aliphatic hydroxyl groups is 1. The topological polar surface area (TPSA) is 20.2 Å². The number of hydrogen-bond donors (Lipinski definition) is 1. The second kappa shape index (κ2) is 5.55. The van der Waals surface area contributed by atoms with E-state index in [-0.39, 0.29) is 0 Å². The number of benzene rings is 1. The highest BCUT2D eigenvalue weighted by atomic mass is 79.9. The van der Waals surface area contributed by atoms with Crippen LogP contribution in [0, 0.1) is 20.8 Å². The van der Waals surface area contributed by atoms with Gasteiger partial charge in [-0.1, -0.05) is 18.2 Å². The van der Waals surface area contributed by atoms with Crippen molar-refractivity contribution in [2.45, 2.75) is 33.3 Å². The lowest BCUT2D eigenvalue weighted by Gasteiger charge is -2.11. The summed E-state index contributed by atoms with van der Waals surface area (Å²) in [7, 11) is 0. The molecule has 2 aromatic rings. The van der Waals surface area contributed by atoms with Crippen molar-refractivity contribution in [2.75, 3.05) is 0 Å². The highest BCUT2D eigenvalue weighted by Gasteiger charge is 2.14. The Morgan fingerprint density at radius 2 is 1.89 bits per heavy atom. The first kappa shape index (κ1) is 13.8. The molecule has 0 amide bonds. The van der Waals surface area contributed by atoms with Crippen molar-refractivity contribution in [1.29, 1.82) is 0 Å². The maximum atomic E-state index is 10.3. The van der Waals surface area contributed by atoms with Crippen molar-refractivity contribution in [2.24, 2.45) is 0 Å². The van der Waals surface area contributed by atoms with Gasteiger partial charge in [-0.2, -0.15) is 0 Å². The lowest BCUT2D eigenvalue weighted by Crippen LogP contribution is -2.02. The molecule has 3 heteroatoms. The van der Waals surface area contributed by atoms with Crippen molar-refractivity contribution >= 4 is 27.3 Å². The van der Waals surface area contributed by atoms with Gasteiger partial charge in [0.1, 0.15) is 0 Å². The van der Waals surface area contributed by atoms with Crippen LogP contribution in [0.5, 0.6) is 0 Å². The minimum Gasteiger partial charge on any atom is -0.388 e. The molecule has 0 spiro atoms. The first-order valence-electron chi connectivity index (χ1n) is 5.97. The number of hydrogen-bond acceptors (Lipinski definition) is 2. The Bertz CT molecular complexity index is 560. The number of aliphatic hydroxyl groups excluding tert-OH is 1. The first-order valence-corrected chi connectivity index (χ1v) is 7.58. The van der Waals surface area contributed by atoms with Crippen LogP contribution in [-0.2, 0) is 6.42 Å². The molecule has 1 heterocycles. The van der Waals surface area contributed by atoms with Crippen LogP contribution in [0.25, 0.3) is 0 Å². The molecule has 1 atom stereocenters. The van der Waals surface area contributed by atoms with Gasteiger partial charge < -0.3 is 5.11 Å². The van der Waals surface area contributed by atoms with E-state index in [1.807, 2.05) is 13.0 Å². The van der Waals surface area contributed by atoms with E-state index in [4.69, 9.17) is 0 Å². The number of halogens is 1. The molecule has 0 saturated carbocycles. The van der Waals surface area contributed by atoms with Crippen LogP contribution in [0.1, 0.15) is 33.2 Å². The molecule has 96 valence electrons. The van der Waals surface area contributed by atoms with Gasteiger partial charge >= 0.3 is 0 Å². The zero-order valence-corrected chi connectivity index (χ0v) is 13.2. The molecule has 0 bridgehead atoms. The van der Waals surface area contributed by atoms with Crippen LogP contribution in [-0.4, -0.2) is 5.11 Å². The fourth-order valence-electron chi connectivity index (χ4n) is 2.05. The Kier molecular flexibility index (Phi) is 4.25. The zero-order valence-electron chi connectivity index (χ0n) is 10.8. The molecule has 0 aliphatic rings. The first-order chi connectivity index (χ1) is 8.47. The van der Waals surface area contributed by atoms with E-state index in [1.54, 1.807) is 11.3 Å². The molecule has 0 radical (unpaired) electrons. The van der Waals surface area contributed by atoms with Crippen LogP contribution in [0.2, 0.25) is 0 Å². The van der Waals surface area contributed by atoms with E-state index >= 15 is 0 Å². The van der Waals surface area contributed by atoms with E-state index in [9.17, 15) is 5.11 Å². The Balaban J connectivity index is 2.18. The summed E-state index contributed by atoms with van der Waals surface area (Å²) in [5.41, 5.74) is 4.79. The number of rotatable bonds is 3. The third kappa shape index (κ3) is 3.02. The summed E-state index contributed by atoms with van der Waals surface area (Å²) < 4.78 is 1.08. The summed E-state index contributed by atoms with van der Waals surface area (Å²) in [6, 6.07) is 8.40. The standard InChI is InChI=1S/C15H17BrOS/c1-9-4-5-12(6-10(9)2)7-14(17)13-8-15(16)18-11(13)3/h4-6,8,14,17H,7H2,1-3H3. The zero-order chi connectivity index (χ0) is 13.3. The monoisotopic (exact) mass is 324 g/mol. The van der Waals surface area contributed by atoms with Gasteiger partial charge in [0.05, 0.1) is 9.89 Å². The largest absolute Gasteiger partial charge is 0.388 e. The predicted octanol–water partition coefficient (Wildman–Crippen LogP) is 4.71. The van der Waals surface area contributed by atoms with Crippen molar-refractivity contribution < 1.29 is 5.11 Å². The Morgan fingerprint density at radius 1 is 1.17 bits per heavy atom. The summed E-state index contributed by atoms with van der Waals surface area (Å²) in [5, 5.41) is 10.3. The number of thiophene rings is 1. The molecule has 1 nitrogen and oxygen atoms in total. The van der Waals surface area contributed by atoms with Gasteiger partial charge in [0.25, 0.3) is 0 Å². The van der Waals surface area contributed by atoms with Crippen molar-refractivity contribution in [3.63, 3.8) is 0 Å². The molecule has 1 unspecified atom stereocenters. The fraction of sp³-hybridized carbons (Fsp3) is 0.333. The van der Waals surface area contributed by atoms with Crippen molar-refractivity contribution in [3.05, 3.63) is 55.2 Å². The summed E-state index contributed by atoms with van der Waals surface area (Å²) in [5.74, 6) is 0. The summed E-state index contributed by atoms with van der Waals surface area (Å²) in [4.78, 5) is 1.18. The minimum absolute atomic E-state index is 0.422. The van der Waals surface area contributed by atoms with E-state index in [0.29, 0.717) is 6.42 Å². The average molecular weight is 325 g/mol. The third-order valence-corrected chi connectivity index (χ3v) is 4.85. The molecular formula is C15H17BrOS. The van der Waals surface area contributed by atoms with E-state index < -0.39 is 6.10 Å². The van der Waals surface area contributed by atoms with Gasteiger partial charge in [0.2, 0.25) is 0 Å². The fourth-order valence-corrected chi connectivity index (χ4v) is 3.82. The molecule has 1 N–H and O–H groups in total. The maximum Gasteiger partial charge on any atom is 0.0841 e. The quantitative estimate of drug-likeness (QED) is 0.866. The van der Waals surface area contributed by atoms with Gasteiger partial charge in [0.15, 0.2) is 0 Å². The van der Waals surface area contributed by atoms with Crippen LogP contribution in [0.4, 0.5) is 0 Å². The third-order valence-electron chi connectivity index (χ3n) is 3.29. The van der Waals surface area contributed by atoms with Crippen LogP contribution < -0.4 is 0 Å². The minimum atomic E-state index is -0.422. The normalized spacial score (nSPS) is 12.7. The summed E-state index contributed by atoms with van der Waals surface area (Å²) in [6.07, 6.45) is 0.250. The second-order valence-corrected chi connectivity index (χ2v) is 7.34. The van der Waals surface area contributed by atoms with Gasteiger partial charge in [0, 0.05) is 11.3 Å². The van der Waals surface area contributed by atoms with Crippen molar-refractivity contribution in [3.8, 4) is 0 Å². The van der Waals surface area contributed by atoms with Crippen LogP contribution >= 0.6 is 27.3 Å². The molecule has 0 saturated heterocycles. The molecule has 1 aromatic carbocycles. The van der Waals surface area contributed by atoms with Crippen molar-refractivity contribution in [1.82, 2.24) is 0 Å². The molecule has 18 heavy (non-hydrogen) atoms. The van der Waals surface area contributed by atoms with Gasteiger partial charge in [-0.25, -0.2) is 0 Å². The van der Waals surface area contributed by atoms with Crippen LogP contribution in [0.3, 0.4) is 0 Å². The highest BCUT2D eigenvalue weighted by molar-refractivity contribution is 9.11. The molecule has 0 fully saturated rings. The lowest BCUT2D eigenvalue weighted by atomic mass is 9.99. The van der Waals surface area contributed by atoms with E-state index in [1.165, 1.54) is 21.6 Å². The number of aryl methyl sites for hydroxylation is 3. The van der Waals surface area contributed by atoms with Gasteiger partial charge in [-0.05, 0) is 65.0 Å². The Morgan fingerprint density at radius 3 is 2.44 bits per heavy atom. The Labute approximate surface area is 121 Å². The molecule has 0 aliphatic carbocycles. The maximum absolute atomic E-state index is 10.3.